The van der Waals surface area contributed by atoms with E-state index in [2.05, 4.69) is 4.98 Å². The highest BCUT2D eigenvalue weighted by molar-refractivity contribution is 7.10. The number of aromatic nitrogens is 1. The van der Waals surface area contributed by atoms with Crippen LogP contribution in [0, 0.1) is 6.92 Å². The average molecular weight is 232 g/mol. The number of hydrogen-bond acceptors (Lipinski definition) is 4. The van der Waals surface area contributed by atoms with E-state index in [1.54, 1.807) is 29.7 Å². The molecule has 0 amide bonds. The van der Waals surface area contributed by atoms with Crippen LogP contribution in [0.2, 0.25) is 0 Å². The van der Waals surface area contributed by atoms with Gasteiger partial charge in [0.2, 0.25) is 0 Å². The molecule has 16 heavy (non-hydrogen) atoms. The summed E-state index contributed by atoms with van der Waals surface area (Å²) in [6.07, 6.45) is 1.62. The van der Waals surface area contributed by atoms with E-state index < -0.39 is 0 Å². The van der Waals surface area contributed by atoms with Crippen molar-refractivity contribution in [2.24, 2.45) is 5.73 Å². The fourth-order valence-corrected chi connectivity index (χ4v) is 2.14. The van der Waals surface area contributed by atoms with E-state index in [-0.39, 0.29) is 5.78 Å². The van der Waals surface area contributed by atoms with E-state index in [4.69, 9.17) is 5.73 Å². The SMILES string of the molecule is Cc1cc(C(=O)c2ccnc(CN)c2)cs1. The first-order valence-corrected chi connectivity index (χ1v) is 5.83. The van der Waals surface area contributed by atoms with Crippen molar-refractivity contribution in [1.29, 1.82) is 0 Å². The lowest BCUT2D eigenvalue weighted by Gasteiger charge is -2.00. The second-order valence-corrected chi connectivity index (χ2v) is 4.63. The summed E-state index contributed by atoms with van der Waals surface area (Å²) in [5.41, 5.74) is 7.60. The van der Waals surface area contributed by atoms with Crippen molar-refractivity contribution >= 4 is 17.1 Å². The van der Waals surface area contributed by atoms with Gasteiger partial charge in [0.15, 0.2) is 5.78 Å². The Hall–Kier alpha value is -1.52. The van der Waals surface area contributed by atoms with Gasteiger partial charge in [-0.3, -0.25) is 9.78 Å². The summed E-state index contributed by atoms with van der Waals surface area (Å²) in [6, 6.07) is 5.36. The number of rotatable bonds is 3. The maximum Gasteiger partial charge on any atom is 0.193 e. The van der Waals surface area contributed by atoms with Crippen LogP contribution in [-0.4, -0.2) is 10.8 Å². The Labute approximate surface area is 97.9 Å². The van der Waals surface area contributed by atoms with Crippen molar-refractivity contribution in [1.82, 2.24) is 4.98 Å². The molecule has 2 aromatic rings. The third kappa shape index (κ3) is 2.18. The van der Waals surface area contributed by atoms with Gasteiger partial charge in [-0.15, -0.1) is 11.3 Å². The summed E-state index contributed by atoms with van der Waals surface area (Å²) >= 11 is 1.58. The van der Waals surface area contributed by atoms with Crippen LogP contribution in [0.3, 0.4) is 0 Å². The number of ketones is 1. The molecule has 0 atom stereocenters. The molecule has 0 saturated heterocycles. The van der Waals surface area contributed by atoms with E-state index in [9.17, 15) is 4.79 Å². The molecule has 0 aliphatic carbocycles. The van der Waals surface area contributed by atoms with Crippen molar-refractivity contribution < 1.29 is 4.79 Å². The van der Waals surface area contributed by atoms with Gasteiger partial charge in [-0.2, -0.15) is 0 Å². The van der Waals surface area contributed by atoms with Crippen molar-refractivity contribution in [3.05, 3.63) is 51.5 Å². The summed E-state index contributed by atoms with van der Waals surface area (Å²) in [4.78, 5) is 17.3. The molecule has 4 heteroatoms. The van der Waals surface area contributed by atoms with Crippen LogP contribution in [-0.2, 0) is 6.54 Å². The molecule has 0 unspecified atom stereocenters. The van der Waals surface area contributed by atoms with Gasteiger partial charge < -0.3 is 5.73 Å². The van der Waals surface area contributed by atoms with E-state index >= 15 is 0 Å². The third-order valence-corrected chi connectivity index (χ3v) is 3.14. The molecule has 2 rings (SSSR count). The second-order valence-electron chi connectivity index (χ2n) is 3.52. The summed E-state index contributed by atoms with van der Waals surface area (Å²) in [6.45, 7) is 2.34. The number of thiophene rings is 1. The molecule has 0 saturated carbocycles. The van der Waals surface area contributed by atoms with E-state index in [1.165, 1.54) is 0 Å². The second kappa shape index (κ2) is 4.55. The quantitative estimate of drug-likeness (QED) is 0.825. The van der Waals surface area contributed by atoms with E-state index in [1.807, 2.05) is 18.4 Å². The molecule has 2 aromatic heterocycles. The van der Waals surface area contributed by atoms with Crippen molar-refractivity contribution in [3.63, 3.8) is 0 Å². The summed E-state index contributed by atoms with van der Waals surface area (Å²) < 4.78 is 0. The molecule has 0 spiro atoms. The zero-order valence-corrected chi connectivity index (χ0v) is 9.75. The molecule has 0 aromatic carbocycles. The number of nitrogens with two attached hydrogens (primary N) is 1. The lowest BCUT2D eigenvalue weighted by molar-refractivity contribution is 0.103. The van der Waals surface area contributed by atoms with Crippen molar-refractivity contribution in [2.75, 3.05) is 0 Å². The molecule has 0 aliphatic heterocycles. The normalized spacial score (nSPS) is 10.4. The summed E-state index contributed by atoms with van der Waals surface area (Å²) in [5.74, 6) is 0.0291. The third-order valence-electron chi connectivity index (χ3n) is 2.28. The number of carbonyl (C=O) groups excluding carboxylic acids is 1. The molecular weight excluding hydrogens is 220 g/mol. The minimum Gasteiger partial charge on any atom is -0.325 e. The van der Waals surface area contributed by atoms with Crippen LogP contribution in [0.15, 0.2) is 29.8 Å². The smallest absolute Gasteiger partial charge is 0.193 e. The van der Waals surface area contributed by atoms with E-state index in [0.29, 0.717) is 12.1 Å². The zero-order chi connectivity index (χ0) is 11.5. The first kappa shape index (κ1) is 11.0. The Kier molecular flexibility index (Phi) is 3.12. The Morgan fingerprint density at radius 3 is 2.88 bits per heavy atom. The Balaban J connectivity index is 2.33. The molecular formula is C12H12N2OS. The van der Waals surface area contributed by atoms with Gasteiger partial charge in [0.1, 0.15) is 0 Å². The van der Waals surface area contributed by atoms with Crippen LogP contribution < -0.4 is 5.73 Å². The van der Waals surface area contributed by atoms with Gasteiger partial charge in [-0.1, -0.05) is 0 Å². The predicted octanol–water partition coefficient (Wildman–Crippen LogP) is 2.14. The molecule has 3 nitrogen and oxygen atoms in total. The molecule has 0 bridgehead atoms. The van der Waals surface area contributed by atoms with Crippen molar-refractivity contribution in [3.8, 4) is 0 Å². The van der Waals surface area contributed by atoms with Crippen LogP contribution in [0.1, 0.15) is 26.5 Å². The number of aryl methyl sites for hydroxylation is 1. The number of hydrogen-bond donors (Lipinski definition) is 1. The first-order valence-electron chi connectivity index (χ1n) is 4.95. The standard InChI is InChI=1S/C12H12N2OS/c1-8-4-10(7-16-8)12(15)9-2-3-14-11(5-9)6-13/h2-5,7H,6,13H2,1H3. The van der Waals surface area contributed by atoms with E-state index in [0.717, 1.165) is 16.1 Å². The molecule has 2 heterocycles. The molecule has 2 N–H and O–H groups in total. The highest BCUT2D eigenvalue weighted by atomic mass is 32.1. The first-order chi connectivity index (χ1) is 7.70. The lowest BCUT2D eigenvalue weighted by atomic mass is 10.1. The van der Waals surface area contributed by atoms with Gasteiger partial charge in [-0.05, 0) is 25.1 Å². The number of pyridine rings is 1. The number of carbonyl (C=O) groups is 1. The number of nitrogens with zero attached hydrogens (tertiary/aromatic N) is 1. The summed E-state index contributed by atoms with van der Waals surface area (Å²) in [7, 11) is 0. The maximum atomic E-state index is 12.1. The average Bonchev–Trinajstić information content (AvgIpc) is 2.75. The van der Waals surface area contributed by atoms with Crippen LogP contribution in [0.25, 0.3) is 0 Å². The molecule has 0 radical (unpaired) electrons. The van der Waals surface area contributed by atoms with Crippen molar-refractivity contribution in [2.45, 2.75) is 13.5 Å². The topological polar surface area (TPSA) is 56.0 Å². The fraction of sp³-hybridized carbons (Fsp3) is 0.167. The zero-order valence-electron chi connectivity index (χ0n) is 8.93. The van der Waals surface area contributed by atoms with Gasteiger partial charge in [-0.25, -0.2) is 0 Å². The van der Waals surface area contributed by atoms with Gasteiger partial charge >= 0.3 is 0 Å². The van der Waals surface area contributed by atoms with Gasteiger partial charge in [0, 0.05) is 34.1 Å². The van der Waals surface area contributed by atoms with Gasteiger partial charge in [0.05, 0.1) is 5.69 Å². The molecule has 0 aliphatic rings. The minimum atomic E-state index is 0.0291. The fourth-order valence-electron chi connectivity index (χ4n) is 1.46. The highest BCUT2D eigenvalue weighted by Crippen LogP contribution is 2.17. The summed E-state index contributed by atoms with van der Waals surface area (Å²) in [5, 5.41) is 1.88. The Bertz CT molecular complexity index is 519. The molecule has 82 valence electrons. The van der Waals surface area contributed by atoms with Crippen LogP contribution in [0.5, 0.6) is 0 Å². The predicted molar refractivity (Wildman–Crippen MR) is 64.6 cm³/mol. The van der Waals surface area contributed by atoms with Crippen LogP contribution >= 0.6 is 11.3 Å². The van der Waals surface area contributed by atoms with Gasteiger partial charge in [0.25, 0.3) is 0 Å². The Morgan fingerprint density at radius 1 is 1.44 bits per heavy atom. The minimum absolute atomic E-state index is 0.0291. The Morgan fingerprint density at radius 2 is 2.25 bits per heavy atom. The lowest BCUT2D eigenvalue weighted by Crippen LogP contribution is -2.04. The maximum absolute atomic E-state index is 12.1. The highest BCUT2D eigenvalue weighted by Gasteiger charge is 2.10. The largest absolute Gasteiger partial charge is 0.325 e. The monoisotopic (exact) mass is 232 g/mol. The van der Waals surface area contributed by atoms with Crippen LogP contribution in [0.4, 0.5) is 0 Å². The molecule has 0 fully saturated rings.